The van der Waals surface area contributed by atoms with E-state index in [9.17, 15) is 0 Å². The molecule has 1 aromatic carbocycles. The zero-order chi connectivity index (χ0) is 12.8. The van der Waals surface area contributed by atoms with Crippen molar-refractivity contribution >= 4 is 23.2 Å². The molecule has 0 aliphatic rings. The highest BCUT2D eigenvalue weighted by atomic mass is 35.5. The lowest BCUT2D eigenvalue weighted by Gasteiger charge is -2.21. The van der Waals surface area contributed by atoms with E-state index >= 15 is 0 Å². The first-order valence-corrected chi connectivity index (χ1v) is 6.25. The number of methoxy groups -OCH3 is 1. The van der Waals surface area contributed by atoms with Gasteiger partial charge in [0.15, 0.2) is 0 Å². The van der Waals surface area contributed by atoms with E-state index in [1.165, 1.54) is 0 Å². The van der Waals surface area contributed by atoms with Gasteiger partial charge >= 0.3 is 0 Å². The Hall–Kier alpha value is -0.320. The maximum absolute atomic E-state index is 6.14. The summed E-state index contributed by atoms with van der Waals surface area (Å²) in [5.74, 6) is 0. The molecule has 0 spiro atoms. The Bertz CT molecular complexity index is 340. The van der Waals surface area contributed by atoms with Crippen LogP contribution in [0.5, 0.6) is 0 Å². The quantitative estimate of drug-likeness (QED) is 0.840. The van der Waals surface area contributed by atoms with Crippen LogP contribution < -0.4 is 11.1 Å². The van der Waals surface area contributed by atoms with Crippen LogP contribution in [-0.2, 0) is 4.74 Å². The average molecular weight is 277 g/mol. The topological polar surface area (TPSA) is 47.3 Å². The molecule has 0 aliphatic heterocycles. The SMILES string of the molecule is COC(C)CNC(CN)c1c(Cl)cccc1Cl. The Labute approximate surface area is 112 Å². The first-order chi connectivity index (χ1) is 8.10. The summed E-state index contributed by atoms with van der Waals surface area (Å²) in [6.07, 6.45) is 0.116. The van der Waals surface area contributed by atoms with Gasteiger partial charge < -0.3 is 15.8 Å². The fourth-order valence-corrected chi connectivity index (χ4v) is 2.20. The van der Waals surface area contributed by atoms with Gasteiger partial charge in [-0.1, -0.05) is 29.3 Å². The molecular weight excluding hydrogens is 259 g/mol. The van der Waals surface area contributed by atoms with Gasteiger partial charge in [0.25, 0.3) is 0 Å². The lowest BCUT2D eigenvalue weighted by atomic mass is 10.1. The predicted octanol–water partition coefficient (Wildman–Crippen LogP) is 2.62. The first kappa shape index (κ1) is 14.7. The molecule has 1 rings (SSSR count). The number of benzene rings is 1. The van der Waals surface area contributed by atoms with Gasteiger partial charge in [-0.2, -0.15) is 0 Å². The van der Waals surface area contributed by atoms with Crippen LogP contribution in [0.3, 0.4) is 0 Å². The van der Waals surface area contributed by atoms with Crippen LogP contribution in [0.15, 0.2) is 18.2 Å². The van der Waals surface area contributed by atoms with Crippen molar-refractivity contribution in [3.05, 3.63) is 33.8 Å². The maximum atomic E-state index is 6.14. The molecule has 0 saturated carbocycles. The van der Waals surface area contributed by atoms with Crippen LogP contribution >= 0.6 is 23.2 Å². The monoisotopic (exact) mass is 276 g/mol. The van der Waals surface area contributed by atoms with Crippen molar-refractivity contribution in [2.24, 2.45) is 5.73 Å². The summed E-state index contributed by atoms with van der Waals surface area (Å²) >= 11 is 12.3. The Morgan fingerprint density at radius 3 is 2.41 bits per heavy atom. The van der Waals surface area contributed by atoms with Crippen LogP contribution in [0, 0.1) is 0 Å². The largest absolute Gasteiger partial charge is 0.380 e. The second-order valence-electron chi connectivity index (χ2n) is 3.88. The molecule has 0 saturated heterocycles. The minimum absolute atomic E-state index is 0.0613. The van der Waals surface area contributed by atoms with Gasteiger partial charge in [-0.3, -0.25) is 0 Å². The molecule has 0 fully saturated rings. The standard InChI is InChI=1S/C12H18Cl2N2O/c1-8(17-2)7-16-11(6-15)12-9(13)4-3-5-10(12)14/h3-5,8,11,16H,6-7,15H2,1-2H3. The molecule has 2 atom stereocenters. The molecule has 17 heavy (non-hydrogen) atoms. The third-order valence-electron chi connectivity index (χ3n) is 2.64. The van der Waals surface area contributed by atoms with Gasteiger partial charge in [0.1, 0.15) is 0 Å². The van der Waals surface area contributed by atoms with Crippen molar-refractivity contribution in [2.45, 2.75) is 19.1 Å². The smallest absolute Gasteiger partial charge is 0.0667 e. The molecule has 3 N–H and O–H groups in total. The first-order valence-electron chi connectivity index (χ1n) is 5.50. The van der Waals surface area contributed by atoms with Gasteiger partial charge in [-0.05, 0) is 19.1 Å². The molecule has 5 heteroatoms. The molecule has 0 bridgehead atoms. The molecule has 0 radical (unpaired) electrons. The van der Waals surface area contributed by atoms with Crippen molar-refractivity contribution in [1.82, 2.24) is 5.32 Å². The summed E-state index contributed by atoms with van der Waals surface area (Å²) in [5, 5.41) is 4.56. The minimum atomic E-state index is -0.0613. The van der Waals surface area contributed by atoms with Crippen molar-refractivity contribution in [3.8, 4) is 0 Å². The van der Waals surface area contributed by atoms with Crippen LogP contribution in [0.1, 0.15) is 18.5 Å². The molecule has 0 heterocycles. The number of hydrogen-bond donors (Lipinski definition) is 2. The van der Waals surface area contributed by atoms with Crippen molar-refractivity contribution < 1.29 is 4.74 Å². The fraction of sp³-hybridized carbons (Fsp3) is 0.500. The van der Waals surface area contributed by atoms with E-state index in [1.807, 2.05) is 25.1 Å². The third kappa shape index (κ3) is 4.12. The number of nitrogens with one attached hydrogen (secondary N) is 1. The number of nitrogens with two attached hydrogens (primary N) is 1. The van der Waals surface area contributed by atoms with E-state index in [1.54, 1.807) is 7.11 Å². The van der Waals surface area contributed by atoms with Gasteiger partial charge in [0.05, 0.1) is 6.10 Å². The zero-order valence-corrected chi connectivity index (χ0v) is 11.6. The van der Waals surface area contributed by atoms with Crippen LogP contribution in [-0.4, -0.2) is 26.3 Å². The maximum Gasteiger partial charge on any atom is 0.0667 e. The molecule has 0 aliphatic carbocycles. The summed E-state index contributed by atoms with van der Waals surface area (Å²) in [6, 6.07) is 5.38. The fourth-order valence-electron chi connectivity index (χ4n) is 1.54. The Morgan fingerprint density at radius 2 is 1.94 bits per heavy atom. The van der Waals surface area contributed by atoms with Crippen molar-refractivity contribution in [1.29, 1.82) is 0 Å². The van der Waals surface area contributed by atoms with Gasteiger partial charge in [-0.25, -0.2) is 0 Å². The third-order valence-corrected chi connectivity index (χ3v) is 3.30. The van der Waals surface area contributed by atoms with Gasteiger partial charge in [0, 0.05) is 41.8 Å². The summed E-state index contributed by atoms with van der Waals surface area (Å²) in [4.78, 5) is 0. The normalized spacial score (nSPS) is 14.6. The summed E-state index contributed by atoms with van der Waals surface area (Å²) in [5.41, 5.74) is 6.60. The Kier molecular flexibility index (Phi) is 6.23. The van der Waals surface area contributed by atoms with E-state index in [-0.39, 0.29) is 12.1 Å². The van der Waals surface area contributed by atoms with Crippen molar-refractivity contribution in [2.75, 3.05) is 20.2 Å². The Balaban J connectivity index is 2.79. The number of rotatable bonds is 6. The molecule has 2 unspecified atom stereocenters. The summed E-state index contributed by atoms with van der Waals surface area (Å²) in [7, 11) is 1.67. The molecular formula is C12H18Cl2N2O. The second-order valence-corrected chi connectivity index (χ2v) is 4.69. The van der Waals surface area contributed by atoms with Gasteiger partial charge in [0.2, 0.25) is 0 Å². The molecule has 96 valence electrons. The average Bonchev–Trinajstić information content (AvgIpc) is 2.32. The van der Waals surface area contributed by atoms with Gasteiger partial charge in [-0.15, -0.1) is 0 Å². The van der Waals surface area contributed by atoms with E-state index in [2.05, 4.69) is 5.32 Å². The van der Waals surface area contributed by atoms with E-state index < -0.39 is 0 Å². The molecule has 0 amide bonds. The summed E-state index contributed by atoms with van der Waals surface area (Å²) < 4.78 is 5.17. The van der Waals surface area contributed by atoms with Crippen LogP contribution in [0.4, 0.5) is 0 Å². The number of hydrogen-bond acceptors (Lipinski definition) is 3. The lowest BCUT2D eigenvalue weighted by molar-refractivity contribution is 0.114. The number of halogens is 2. The highest BCUT2D eigenvalue weighted by Crippen LogP contribution is 2.29. The highest BCUT2D eigenvalue weighted by molar-refractivity contribution is 6.36. The second kappa shape index (κ2) is 7.19. The van der Waals surface area contributed by atoms with E-state index in [0.717, 1.165) is 5.56 Å². The van der Waals surface area contributed by atoms with E-state index in [4.69, 9.17) is 33.7 Å². The van der Waals surface area contributed by atoms with Crippen molar-refractivity contribution in [3.63, 3.8) is 0 Å². The molecule has 3 nitrogen and oxygen atoms in total. The highest BCUT2D eigenvalue weighted by Gasteiger charge is 2.16. The summed E-state index contributed by atoms with van der Waals surface area (Å²) in [6.45, 7) is 3.11. The van der Waals surface area contributed by atoms with Crippen LogP contribution in [0.2, 0.25) is 10.0 Å². The lowest BCUT2D eigenvalue weighted by Crippen LogP contribution is -2.34. The molecule has 0 aromatic heterocycles. The predicted molar refractivity (Wildman–Crippen MR) is 72.7 cm³/mol. The number of ether oxygens (including phenoxy) is 1. The van der Waals surface area contributed by atoms with Crippen LogP contribution in [0.25, 0.3) is 0 Å². The van der Waals surface area contributed by atoms with E-state index in [0.29, 0.717) is 23.1 Å². The zero-order valence-electron chi connectivity index (χ0n) is 10.0. The minimum Gasteiger partial charge on any atom is -0.380 e. The Morgan fingerprint density at radius 1 is 1.35 bits per heavy atom. The molecule has 1 aromatic rings.